The molecule has 90 valence electrons. The topological polar surface area (TPSA) is 23.5 Å². The van der Waals surface area contributed by atoms with E-state index in [0.29, 0.717) is 0 Å². The molecule has 0 radical (unpaired) electrons. The van der Waals surface area contributed by atoms with Crippen molar-refractivity contribution in [1.82, 2.24) is 0 Å². The van der Waals surface area contributed by atoms with Gasteiger partial charge in [0.25, 0.3) is 0 Å². The van der Waals surface area contributed by atoms with Crippen molar-refractivity contribution in [3.8, 4) is 0 Å². The van der Waals surface area contributed by atoms with Crippen LogP contribution in [0.2, 0.25) is 0 Å². The van der Waals surface area contributed by atoms with Crippen LogP contribution in [-0.2, 0) is 6.61 Å². The van der Waals surface area contributed by atoms with Crippen molar-refractivity contribution in [2.24, 2.45) is 0 Å². The summed E-state index contributed by atoms with van der Waals surface area (Å²) in [6, 6.07) is 6.14. The molecule has 1 rings (SSSR count). The molecule has 0 aliphatic heterocycles. The van der Waals surface area contributed by atoms with E-state index in [1.807, 2.05) is 6.07 Å². The Morgan fingerprint density at radius 3 is 2.38 bits per heavy atom. The highest BCUT2D eigenvalue weighted by molar-refractivity contribution is 5.55. The molecule has 0 bridgehead atoms. The summed E-state index contributed by atoms with van der Waals surface area (Å²) in [5, 5.41) is 9.08. The average molecular weight is 221 g/mol. The number of aliphatic hydroxyl groups is 1. The van der Waals surface area contributed by atoms with Crippen LogP contribution in [0.1, 0.15) is 38.3 Å². The summed E-state index contributed by atoms with van der Waals surface area (Å²) >= 11 is 0. The lowest BCUT2D eigenvalue weighted by atomic mass is 9.97. The largest absolute Gasteiger partial charge is 0.392 e. The maximum atomic E-state index is 9.08. The number of aryl methyl sites for hydroxylation is 1. The van der Waals surface area contributed by atoms with Gasteiger partial charge in [-0.25, -0.2) is 0 Å². The molecule has 0 fully saturated rings. The number of benzene rings is 1. The zero-order valence-electron chi connectivity index (χ0n) is 11.0. The van der Waals surface area contributed by atoms with Gasteiger partial charge in [-0.3, -0.25) is 0 Å². The Hall–Kier alpha value is -1.02. The van der Waals surface area contributed by atoms with E-state index in [9.17, 15) is 0 Å². The van der Waals surface area contributed by atoms with Crippen molar-refractivity contribution in [3.05, 3.63) is 29.3 Å². The van der Waals surface area contributed by atoms with Gasteiger partial charge < -0.3 is 10.0 Å². The van der Waals surface area contributed by atoms with Crippen molar-refractivity contribution in [2.75, 3.05) is 11.9 Å². The number of rotatable bonds is 4. The van der Waals surface area contributed by atoms with Crippen molar-refractivity contribution in [2.45, 2.75) is 46.3 Å². The molecule has 0 heterocycles. The first-order valence-electron chi connectivity index (χ1n) is 5.86. The second-order valence-electron chi connectivity index (χ2n) is 5.00. The lowest BCUT2D eigenvalue weighted by Crippen LogP contribution is -2.40. The van der Waals surface area contributed by atoms with Crippen LogP contribution >= 0.6 is 0 Å². The van der Waals surface area contributed by atoms with Crippen LogP contribution in [0.3, 0.4) is 0 Å². The summed E-state index contributed by atoms with van der Waals surface area (Å²) in [5.74, 6) is 0. The number of aliphatic hydroxyl groups excluding tert-OH is 1. The monoisotopic (exact) mass is 221 g/mol. The summed E-state index contributed by atoms with van der Waals surface area (Å²) in [5.41, 5.74) is 3.59. The van der Waals surface area contributed by atoms with Crippen molar-refractivity contribution < 1.29 is 5.11 Å². The quantitative estimate of drug-likeness (QED) is 0.844. The molecule has 1 N–H and O–H groups in total. The third-order valence-electron chi connectivity index (χ3n) is 3.58. The smallest absolute Gasteiger partial charge is 0.0681 e. The summed E-state index contributed by atoms with van der Waals surface area (Å²) in [4.78, 5) is 2.31. The minimum absolute atomic E-state index is 0.113. The molecule has 1 aromatic carbocycles. The van der Waals surface area contributed by atoms with Gasteiger partial charge in [-0.1, -0.05) is 19.1 Å². The van der Waals surface area contributed by atoms with E-state index < -0.39 is 0 Å². The third kappa shape index (κ3) is 2.56. The number of hydrogen-bond acceptors (Lipinski definition) is 2. The predicted molar refractivity (Wildman–Crippen MR) is 69.9 cm³/mol. The highest BCUT2D eigenvalue weighted by atomic mass is 16.3. The molecular formula is C14H23NO. The Labute approximate surface area is 98.9 Å². The summed E-state index contributed by atoms with van der Waals surface area (Å²) in [6.45, 7) is 8.89. The summed E-state index contributed by atoms with van der Waals surface area (Å²) < 4.78 is 0. The predicted octanol–water partition coefficient (Wildman–Crippen LogP) is 3.11. The maximum absolute atomic E-state index is 9.08. The molecule has 0 amide bonds. The van der Waals surface area contributed by atoms with Gasteiger partial charge in [-0.15, -0.1) is 0 Å². The van der Waals surface area contributed by atoms with Crippen molar-refractivity contribution in [1.29, 1.82) is 0 Å². The van der Waals surface area contributed by atoms with E-state index in [2.05, 4.69) is 51.8 Å². The normalized spacial score (nSPS) is 11.6. The molecule has 0 atom stereocenters. The van der Waals surface area contributed by atoms with Crippen LogP contribution in [-0.4, -0.2) is 17.7 Å². The van der Waals surface area contributed by atoms with Gasteiger partial charge in [0.1, 0.15) is 0 Å². The maximum Gasteiger partial charge on any atom is 0.0681 e. The van der Waals surface area contributed by atoms with E-state index in [-0.39, 0.29) is 12.1 Å². The molecule has 0 aliphatic rings. The lowest BCUT2D eigenvalue weighted by Gasteiger charge is -2.37. The molecule has 0 saturated heterocycles. The van der Waals surface area contributed by atoms with Crippen LogP contribution in [0.15, 0.2) is 18.2 Å². The number of hydrogen-bond donors (Lipinski definition) is 1. The molecule has 16 heavy (non-hydrogen) atoms. The van der Waals surface area contributed by atoms with E-state index >= 15 is 0 Å². The lowest BCUT2D eigenvalue weighted by molar-refractivity contribution is 0.282. The fraction of sp³-hybridized carbons (Fsp3) is 0.571. The molecule has 0 spiro atoms. The van der Waals surface area contributed by atoms with Gasteiger partial charge in [-0.05, 0) is 44.4 Å². The minimum Gasteiger partial charge on any atom is -0.392 e. The van der Waals surface area contributed by atoms with E-state index in [1.165, 1.54) is 11.3 Å². The zero-order chi connectivity index (χ0) is 12.3. The van der Waals surface area contributed by atoms with Gasteiger partial charge in [-0.2, -0.15) is 0 Å². The van der Waals surface area contributed by atoms with Crippen LogP contribution in [0.4, 0.5) is 5.69 Å². The second-order valence-corrected chi connectivity index (χ2v) is 5.00. The molecular weight excluding hydrogens is 198 g/mol. The van der Waals surface area contributed by atoms with Crippen LogP contribution in [0, 0.1) is 6.92 Å². The van der Waals surface area contributed by atoms with Gasteiger partial charge in [0.05, 0.1) is 6.61 Å². The van der Waals surface area contributed by atoms with Gasteiger partial charge in [0, 0.05) is 18.3 Å². The van der Waals surface area contributed by atoms with Gasteiger partial charge >= 0.3 is 0 Å². The Bertz CT molecular complexity index is 358. The van der Waals surface area contributed by atoms with Crippen molar-refractivity contribution >= 4 is 5.69 Å². The van der Waals surface area contributed by atoms with Crippen molar-refractivity contribution in [3.63, 3.8) is 0 Å². The molecule has 2 heteroatoms. The first-order valence-corrected chi connectivity index (χ1v) is 5.86. The first-order chi connectivity index (χ1) is 7.42. The third-order valence-corrected chi connectivity index (χ3v) is 3.58. The zero-order valence-corrected chi connectivity index (χ0v) is 11.0. The van der Waals surface area contributed by atoms with Crippen LogP contribution in [0.5, 0.6) is 0 Å². The SMILES string of the molecule is CCC(C)(C)N(C)c1ccc(CO)cc1C. The molecule has 0 unspecified atom stereocenters. The van der Waals surface area contributed by atoms with Crippen LogP contribution < -0.4 is 4.90 Å². The highest BCUT2D eigenvalue weighted by Crippen LogP contribution is 2.28. The van der Waals surface area contributed by atoms with Gasteiger partial charge in [0.15, 0.2) is 0 Å². The van der Waals surface area contributed by atoms with E-state index in [0.717, 1.165) is 12.0 Å². The molecule has 0 aromatic heterocycles. The van der Waals surface area contributed by atoms with Crippen LogP contribution in [0.25, 0.3) is 0 Å². The number of nitrogens with zero attached hydrogens (tertiary/aromatic N) is 1. The van der Waals surface area contributed by atoms with E-state index in [4.69, 9.17) is 5.11 Å². The molecule has 0 aliphatic carbocycles. The van der Waals surface area contributed by atoms with Gasteiger partial charge in [0.2, 0.25) is 0 Å². The molecule has 1 aromatic rings. The molecule has 0 saturated carbocycles. The first kappa shape index (κ1) is 13.0. The standard InChI is InChI=1S/C14H23NO/c1-6-14(3,4)15(5)13-8-7-12(10-16)9-11(13)2/h7-9,16H,6,10H2,1-5H3. The summed E-state index contributed by atoms with van der Waals surface area (Å²) in [6.07, 6.45) is 1.10. The Balaban J connectivity index is 3.05. The fourth-order valence-electron chi connectivity index (χ4n) is 1.76. The Kier molecular flexibility index (Phi) is 3.98. The average Bonchev–Trinajstić information content (AvgIpc) is 2.28. The summed E-state index contributed by atoms with van der Waals surface area (Å²) in [7, 11) is 2.13. The molecule has 2 nitrogen and oxygen atoms in total. The minimum atomic E-state index is 0.113. The highest BCUT2D eigenvalue weighted by Gasteiger charge is 2.22. The number of anilines is 1. The van der Waals surface area contributed by atoms with E-state index in [1.54, 1.807) is 0 Å². The second kappa shape index (κ2) is 4.88. The fourth-order valence-corrected chi connectivity index (χ4v) is 1.76. The Morgan fingerprint density at radius 2 is 1.94 bits per heavy atom. The Morgan fingerprint density at radius 1 is 1.31 bits per heavy atom.